The second-order valence-corrected chi connectivity index (χ2v) is 8.22. The van der Waals surface area contributed by atoms with E-state index in [1.165, 1.54) is 25.7 Å². The molecule has 1 saturated carbocycles. The number of carbonyl (C=O) groups excluding carboxylic acids is 2. The van der Waals surface area contributed by atoms with Crippen LogP contribution in [0.5, 0.6) is 0 Å². The summed E-state index contributed by atoms with van der Waals surface area (Å²) >= 11 is 0. The largest absolute Gasteiger partial charge is 0.395 e. The summed E-state index contributed by atoms with van der Waals surface area (Å²) in [6, 6.07) is 10.3. The van der Waals surface area contributed by atoms with E-state index in [0.29, 0.717) is 44.3 Å². The first kappa shape index (κ1) is 20.8. The molecule has 1 N–H and O–H groups in total. The van der Waals surface area contributed by atoms with Crippen molar-refractivity contribution in [3.8, 4) is 0 Å². The number of fused-ring (bicyclic) bond motifs is 1. The van der Waals surface area contributed by atoms with Gasteiger partial charge in [-0.25, -0.2) is 0 Å². The Balaban J connectivity index is 1.47. The van der Waals surface area contributed by atoms with E-state index in [9.17, 15) is 14.7 Å². The van der Waals surface area contributed by atoms with Gasteiger partial charge < -0.3 is 14.9 Å². The van der Waals surface area contributed by atoms with Crippen LogP contribution in [-0.4, -0.2) is 52.5 Å². The molecule has 1 aromatic rings. The second-order valence-electron chi connectivity index (χ2n) is 8.22. The first-order valence-corrected chi connectivity index (χ1v) is 10.9. The van der Waals surface area contributed by atoms with Gasteiger partial charge in [-0.1, -0.05) is 43.2 Å². The molecule has 5 heteroatoms. The molecule has 2 atom stereocenters. The molecule has 2 aliphatic rings. The number of carbonyl (C=O) groups is 2. The highest BCUT2D eigenvalue weighted by atomic mass is 16.3. The number of hydrogen-bond acceptors (Lipinski definition) is 3. The zero-order chi connectivity index (χ0) is 19.8. The van der Waals surface area contributed by atoms with Crippen molar-refractivity contribution in [1.82, 2.24) is 9.80 Å². The van der Waals surface area contributed by atoms with Crippen molar-refractivity contribution in [2.75, 3.05) is 19.7 Å². The van der Waals surface area contributed by atoms with Gasteiger partial charge >= 0.3 is 0 Å². The number of hydrogen-bond donors (Lipinski definition) is 1. The molecule has 1 heterocycles. The summed E-state index contributed by atoms with van der Waals surface area (Å²) in [5, 5.41) is 9.30. The minimum atomic E-state index is -0.0473. The van der Waals surface area contributed by atoms with Crippen molar-refractivity contribution in [3.63, 3.8) is 0 Å². The van der Waals surface area contributed by atoms with Gasteiger partial charge in [0.2, 0.25) is 11.8 Å². The first-order chi connectivity index (χ1) is 13.7. The fourth-order valence-electron chi connectivity index (χ4n) is 4.84. The van der Waals surface area contributed by atoms with Gasteiger partial charge in [0.1, 0.15) is 0 Å². The summed E-state index contributed by atoms with van der Waals surface area (Å²) in [5.41, 5.74) is 1.05. The van der Waals surface area contributed by atoms with Gasteiger partial charge in [-0.15, -0.1) is 0 Å². The molecule has 2 amide bonds. The van der Waals surface area contributed by atoms with E-state index in [0.717, 1.165) is 24.9 Å². The SMILES string of the molecule is O=C(CCCC(=O)N1CCCC2CCCCC21)N(CCO)Cc1ccccc1. The Morgan fingerprint density at radius 2 is 1.79 bits per heavy atom. The average molecular weight is 387 g/mol. The zero-order valence-corrected chi connectivity index (χ0v) is 16.9. The summed E-state index contributed by atoms with van der Waals surface area (Å²) in [5.74, 6) is 0.931. The normalized spacial score (nSPS) is 21.8. The molecular weight excluding hydrogens is 352 g/mol. The predicted molar refractivity (Wildman–Crippen MR) is 109 cm³/mol. The Morgan fingerprint density at radius 1 is 1.04 bits per heavy atom. The predicted octanol–water partition coefficient (Wildman–Crippen LogP) is 3.36. The maximum atomic E-state index is 12.8. The van der Waals surface area contributed by atoms with Crippen LogP contribution in [0.3, 0.4) is 0 Å². The molecule has 3 rings (SSSR count). The summed E-state index contributed by atoms with van der Waals surface area (Å²) < 4.78 is 0. The number of nitrogens with zero attached hydrogens (tertiary/aromatic N) is 2. The summed E-state index contributed by atoms with van der Waals surface area (Å²) in [7, 11) is 0. The lowest BCUT2D eigenvalue weighted by molar-refractivity contribution is -0.138. The lowest BCUT2D eigenvalue weighted by atomic mass is 9.78. The number of amides is 2. The maximum absolute atomic E-state index is 12.8. The smallest absolute Gasteiger partial charge is 0.222 e. The van der Waals surface area contributed by atoms with E-state index in [1.807, 2.05) is 30.3 Å². The van der Waals surface area contributed by atoms with E-state index in [4.69, 9.17) is 0 Å². The number of piperidine rings is 1. The van der Waals surface area contributed by atoms with Crippen molar-refractivity contribution < 1.29 is 14.7 Å². The van der Waals surface area contributed by atoms with Gasteiger partial charge in [0.15, 0.2) is 0 Å². The lowest BCUT2D eigenvalue weighted by Gasteiger charge is -2.44. The number of rotatable bonds is 8. The Kier molecular flexibility index (Phi) is 7.90. The molecule has 0 spiro atoms. The van der Waals surface area contributed by atoms with Crippen molar-refractivity contribution >= 4 is 11.8 Å². The standard InChI is InChI=1S/C23H34N2O3/c26-17-16-24(18-19-8-2-1-3-9-19)22(27)13-6-14-23(28)25-15-7-11-20-10-4-5-12-21(20)25/h1-3,8-9,20-21,26H,4-7,10-18H2. The third-order valence-electron chi connectivity index (χ3n) is 6.28. The van der Waals surface area contributed by atoms with Crippen LogP contribution in [0.2, 0.25) is 0 Å². The summed E-state index contributed by atoms with van der Waals surface area (Å²) in [4.78, 5) is 29.2. The van der Waals surface area contributed by atoms with Gasteiger partial charge in [-0.3, -0.25) is 9.59 Å². The molecule has 1 aromatic carbocycles. The van der Waals surface area contributed by atoms with Crippen molar-refractivity contribution in [2.45, 2.75) is 70.4 Å². The van der Waals surface area contributed by atoms with Crippen molar-refractivity contribution in [3.05, 3.63) is 35.9 Å². The quantitative estimate of drug-likeness (QED) is 0.745. The lowest BCUT2D eigenvalue weighted by Crippen LogP contribution is -2.49. The van der Waals surface area contributed by atoms with Crippen LogP contribution in [0, 0.1) is 5.92 Å². The topological polar surface area (TPSA) is 60.9 Å². The van der Waals surface area contributed by atoms with Crippen LogP contribution in [0.25, 0.3) is 0 Å². The summed E-state index contributed by atoms with van der Waals surface area (Å²) in [6.45, 7) is 1.68. The van der Waals surface area contributed by atoms with Crippen molar-refractivity contribution in [1.29, 1.82) is 0 Å². The molecular formula is C23H34N2O3. The van der Waals surface area contributed by atoms with Gasteiger partial charge in [-0.2, -0.15) is 0 Å². The van der Waals surface area contributed by atoms with E-state index in [1.54, 1.807) is 4.90 Å². The molecule has 154 valence electrons. The van der Waals surface area contributed by atoms with Crippen LogP contribution in [0.1, 0.15) is 63.4 Å². The molecule has 1 saturated heterocycles. The molecule has 2 fully saturated rings. The zero-order valence-electron chi connectivity index (χ0n) is 16.9. The fraction of sp³-hybridized carbons (Fsp3) is 0.652. The van der Waals surface area contributed by atoms with Gasteiger partial charge in [-0.05, 0) is 43.6 Å². The Hall–Kier alpha value is -1.88. The fourth-order valence-corrected chi connectivity index (χ4v) is 4.84. The van der Waals surface area contributed by atoms with Crippen LogP contribution in [0.4, 0.5) is 0 Å². The number of benzene rings is 1. The average Bonchev–Trinajstić information content (AvgIpc) is 2.73. The van der Waals surface area contributed by atoms with Gasteiger partial charge in [0.05, 0.1) is 6.61 Å². The number of likely N-dealkylation sites (tertiary alicyclic amines) is 1. The monoisotopic (exact) mass is 386 g/mol. The highest BCUT2D eigenvalue weighted by Crippen LogP contribution is 2.35. The molecule has 0 radical (unpaired) electrons. The third kappa shape index (κ3) is 5.57. The van der Waals surface area contributed by atoms with E-state index in [2.05, 4.69) is 4.90 Å². The number of aliphatic hydroxyl groups is 1. The molecule has 1 aliphatic carbocycles. The van der Waals surface area contributed by atoms with Crippen molar-refractivity contribution in [2.24, 2.45) is 5.92 Å². The molecule has 2 unspecified atom stereocenters. The van der Waals surface area contributed by atoms with Crippen LogP contribution >= 0.6 is 0 Å². The molecule has 0 bridgehead atoms. The van der Waals surface area contributed by atoms with Gasteiger partial charge in [0, 0.05) is 38.5 Å². The Morgan fingerprint density at radius 3 is 2.57 bits per heavy atom. The molecule has 1 aliphatic heterocycles. The van der Waals surface area contributed by atoms with E-state index < -0.39 is 0 Å². The molecule has 28 heavy (non-hydrogen) atoms. The van der Waals surface area contributed by atoms with Crippen LogP contribution in [-0.2, 0) is 16.1 Å². The Bertz CT molecular complexity index is 632. The minimum Gasteiger partial charge on any atom is -0.395 e. The van der Waals surface area contributed by atoms with E-state index >= 15 is 0 Å². The summed E-state index contributed by atoms with van der Waals surface area (Å²) in [6.07, 6.45) is 8.74. The third-order valence-corrected chi connectivity index (χ3v) is 6.28. The van der Waals surface area contributed by atoms with Crippen LogP contribution < -0.4 is 0 Å². The number of aliphatic hydroxyl groups excluding tert-OH is 1. The molecule has 5 nitrogen and oxygen atoms in total. The van der Waals surface area contributed by atoms with Crippen LogP contribution in [0.15, 0.2) is 30.3 Å². The first-order valence-electron chi connectivity index (χ1n) is 10.9. The Labute approximate surface area is 168 Å². The highest BCUT2D eigenvalue weighted by molar-refractivity contribution is 5.79. The molecule has 0 aromatic heterocycles. The maximum Gasteiger partial charge on any atom is 0.222 e. The van der Waals surface area contributed by atoms with Gasteiger partial charge in [0.25, 0.3) is 0 Å². The highest BCUT2D eigenvalue weighted by Gasteiger charge is 2.35. The minimum absolute atomic E-state index is 0.0138. The van der Waals surface area contributed by atoms with E-state index in [-0.39, 0.29) is 18.4 Å². The second kappa shape index (κ2) is 10.6.